The molecule has 1 aromatic carbocycles. The zero-order valence-corrected chi connectivity index (χ0v) is 15.5. The summed E-state index contributed by atoms with van der Waals surface area (Å²) in [5, 5.41) is 11.1. The van der Waals surface area contributed by atoms with Crippen LogP contribution < -0.4 is 10.5 Å². The average Bonchev–Trinajstić information content (AvgIpc) is 2.42. The zero-order chi connectivity index (χ0) is 17.2. The number of hydrogen-bond acceptors (Lipinski definition) is 4. The molecule has 0 aliphatic rings. The highest BCUT2D eigenvalue weighted by molar-refractivity contribution is 14.1. The highest BCUT2D eigenvalue weighted by atomic mass is 127. The fourth-order valence-corrected chi connectivity index (χ4v) is 2.92. The van der Waals surface area contributed by atoms with Gasteiger partial charge in [-0.15, -0.1) is 0 Å². The van der Waals surface area contributed by atoms with Crippen LogP contribution in [0.25, 0.3) is 10.8 Å². The molecule has 2 rings (SSSR count). The number of pyridine rings is 1. The quantitative estimate of drug-likeness (QED) is 0.726. The first-order chi connectivity index (χ1) is 10.7. The molecule has 7 heteroatoms. The molecule has 6 nitrogen and oxygen atoms in total. The van der Waals surface area contributed by atoms with Crippen molar-refractivity contribution < 1.29 is 14.6 Å². The molecule has 0 bridgehead atoms. The van der Waals surface area contributed by atoms with Gasteiger partial charge < -0.3 is 20.5 Å². The fraction of sp³-hybridized carbons (Fsp3) is 0.375. The molecule has 1 amide bonds. The lowest BCUT2D eigenvalue weighted by atomic mass is 10.1. The van der Waals surface area contributed by atoms with Crippen LogP contribution in [0.5, 0.6) is 5.75 Å². The third kappa shape index (κ3) is 4.15. The molecule has 0 radical (unpaired) electrons. The number of nitrogen functional groups attached to an aromatic ring is 1. The van der Waals surface area contributed by atoms with Crippen molar-refractivity contribution >= 4 is 45.3 Å². The zero-order valence-electron chi connectivity index (χ0n) is 13.3. The molecule has 124 valence electrons. The number of anilines is 1. The number of aromatic nitrogens is 1. The molecule has 0 spiro atoms. The van der Waals surface area contributed by atoms with Crippen molar-refractivity contribution in [1.82, 2.24) is 9.88 Å². The van der Waals surface area contributed by atoms with Crippen LogP contribution in [0.3, 0.4) is 0 Å². The van der Waals surface area contributed by atoms with Crippen LogP contribution in [0.4, 0.5) is 10.6 Å². The molecular weight excluding hydrogens is 409 g/mol. The Bertz CT molecular complexity index is 728. The summed E-state index contributed by atoms with van der Waals surface area (Å²) in [6.45, 7) is 6.12. The largest absolute Gasteiger partial charge is 0.491 e. The number of carbonyl (C=O) groups is 1. The normalized spacial score (nSPS) is 11.5. The van der Waals surface area contributed by atoms with Crippen LogP contribution in [-0.4, -0.2) is 39.8 Å². The summed E-state index contributed by atoms with van der Waals surface area (Å²) in [5.74, 6) is 1.13. The number of nitrogens with two attached hydrogens (primary N) is 1. The molecular formula is C16H20IN3O3. The van der Waals surface area contributed by atoms with E-state index in [1.807, 2.05) is 39.0 Å². The Hall–Kier alpha value is -1.77. The predicted octanol–water partition coefficient (Wildman–Crippen LogP) is 3.58. The number of rotatable bonds is 4. The fourth-order valence-electron chi connectivity index (χ4n) is 2.27. The van der Waals surface area contributed by atoms with Gasteiger partial charge in [0.2, 0.25) is 0 Å². The summed E-state index contributed by atoms with van der Waals surface area (Å²) in [7, 11) is 0. The maximum Gasteiger partial charge on any atom is 0.407 e. The smallest absolute Gasteiger partial charge is 0.407 e. The predicted molar refractivity (Wildman–Crippen MR) is 98.9 cm³/mol. The van der Waals surface area contributed by atoms with Crippen molar-refractivity contribution in [3.8, 4) is 5.75 Å². The third-order valence-corrected chi connectivity index (χ3v) is 4.30. The van der Waals surface area contributed by atoms with Gasteiger partial charge in [-0.1, -0.05) is 0 Å². The van der Waals surface area contributed by atoms with Crippen molar-refractivity contribution in [1.29, 1.82) is 0 Å². The number of ether oxygens (including phenoxy) is 1. The van der Waals surface area contributed by atoms with E-state index in [9.17, 15) is 9.90 Å². The second-order valence-electron chi connectivity index (χ2n) is 6.15. The van der Waals surface area contributed by atoms with Gasteiger partial charge in [0, 0.05) is 17.1 Å². The Morgan fingerprint density at radius 1 is 1.43 bits per heavy atom. The van der Waals surface area contributed by atoms with Crippen LogP contribution >= 0.6 is 22.6 Å². The maximum absolute atomic E-state index is 11.3. The Kier molecular flexibility index (Phi) is 5.18. The van der Waals surface area contributed by atoms with Gasteiger partial charge in [0.05, 0.1) is 10.1 Å². The number of hydrogen-bond donors (Lipinski definition) is 2. The standard InChI is InChI=1S/C16H20IN3O3/c1-16(2,3)20(15(21)22)6-7-23-13-9-11-10(8-12(13)17)4-5-19-14(11)18/h4-5,8-9H,6-7H2,1-3H3,(H2,18,19)(H,21,22). The monoisotopic (exact) mass is 429 g/mol. The average molecular weight is 429 g/mol. The van der Waals surface area contributed by atoms with Crippen molar-refractivity contribution in [2.75, 3.05) is 18.9 Å². The first-order valence-corrected chi connectivity index (χ1v) is 8.25. The van der Waals surface area contributed by atoms with Gasteiger partial charge in [-0.05, 0) is 66.9 Å². The van der Waals surface area contributed by atoms with Gasteiger partial charge in [-0.25, -0.2) is 9.78 Å². The van der Waals surface area contributed by atoms with Gasteiger partial charge in [0.1, 0.15) is 18.2 Å². The molecule has 0 atom stereocenters. The SMILES string of the molecule is CC(C)(C)N(CCOc1cc2c(N)nccc2cc1I)C(=O)O. The minimum Gasteiger partial charge on any atom is -0.491 e. The van der Waals surface area contributed by atoms with E-state index in [2.05, 4.69) is 27.6 Å². The van der Waals surface area contributed by atoms with Gasteiger partial charge in [-0.3, -0.25) is 0 Å². The van der Waals surface area contributed by atoms with Crippen LogP contribution in [0.1, 0.15) is 20.8 Å². The number of nitrogens with zero attached hydrogens (tertiary/aromatic N) is 2. The van der Waals surface area contributed by atoms with E-state index in [0.717, 1.165) is 14.3 Å². The van der Waals surface area contributed by atoms with E-state index in [1.165, 1.54) is 4.90 Å². The van der Waals surface area contributed by atoms with E-state index in [-0.39, 0.29) is 13.2 Å². The second-order valence-corrected chi connectivity index (χ2v) is 7.32. The number of amides is 1. The number of benzene rings is 1. The van der Waals surface area contributed by atoms with E-state index < -0.39 is 11.6 Å². The summed E-state index contributed by atoms with van der Waals surface area (Å²) in [6.07, 6.45) is 0.713. The number of halogens is 1. The first-order valence-electron chi connectivity index (χ1n) is 7.17. The summed E-state index contributed by atoms with van der Waals surface area (Å²) in [4.78, 5) is 16.8. The second kappa shape index (κ2) is 6.77. The van der Waals surface area contributed by atoms with E-state index >= 15 is 0 Å². The molecule has 23 heavy (non-hydrogen) atoms. The molecule has 2 aromatic rings. The molecule has 0 saturated heterocycles. The Balaban J connectivity index is 2.14. The van der Waals surface area contributed by atoms with E-state index in [4.69, 9.17) is 10.5 Å². The molecule has 1 aromatic heterocycles. The molecule has 0 aliphatic heterocycles. The molecule has 0 aliphatic carbocycles. The summed E-state index contributed by atoms with van der Waals surface area (Å²) >= 11 is 2.19. The molecule has 3 N–H and O–H groups in total. The lowest BCUT2D eigenvalue weighted by Crippen LogP contribution is -2.46. The first kappa shape index (κ1) is 17.6. The minimum absolute atomic E-state index is 0.269. The summed E-state index contributed by atoms with van der Waals surface area (Å²) < 4.78 is 6.72. The Labute approximate surface area is 148 Å². The molecule has 0 unspecified atom stereocenters. The highest BCUT2D eigenvalue weighted by Gasteiger charge is 2.25. The van der Waals surface area contributed by atoms with Crippen molar-refractivity contribution in [3.63, 3.8) is 0 Å². The third-order valence-electron chi connectivity index (χ3n) is 3.46. The van der Waals surface area contributed by atoms with Gasteiger partial charge in [-0.2, -0.15) is 0 Å². The van der Waals surface area contributed by atoms with Crippen molar-refractivity contribution in [3.05, 3.63) is 28.0 Å². The van der Waals surface area contributed by atoms with Crippen LogP contribution in [0.2, 0.25) is 0 Å². The molecule has 0 saturated carbocycles. The van der Waals surface area contributed by atoms with E-state index in [1.54, 1.807) is 6.20 Å². The maximum atomic E-state index is 11.3. The van der Waals surface area contributed by atoms with Gasteiger partial charge in [0.15, 0.2) is 0 Å². The summed E-state index contributed by atoms with van der Waals surface area (Å²) in [6, 6.07) is 5.72. The summed E-state index contributed by atoms with van der Waals surface area (Å²) in [5.41, 5.74) is 5.42. The number of fused-ring (bicyclic) bond motifs is 1. The minimum atomic E-state index is -0.956. The van der Waals surface area contributed by atoms with Gasteiger partial charge in [0.25, 0.3) is 0 Å². The lowest BCUT2D eigenvalue weighted by molar-refractivity contribution is 0.0891. The molecule has 1 heterocycles. The van der Waals surface area contributed by atoms with Crippen LogP contribution in [-0.2, 0) is 0 Å². The van der Waals surface area contributed by atoms with Crippen LogP contribution in [0.15, 0.2) is 24.4 Å². The van der Waals surface area contributed by atoms with Crippen molar-refractivity contribution in [2.24, 2.45) is 0 Å². The van der Waals surface area contributed by atoms with E-state index in [0.29, 0.717) is 11.6 Å². The lowest BCUT2D eigenvalue weighted by Gasteiger charge is -2.33. The Morgan fingerprint density at radius 3 is 2.74 bits per heavy atom. The molecule has 0 fully saturated rings. The number of carboxylic acid groups (broad SMARTS) is 1. The van der Waals surface area contributed by atoms with Crippen LogP contribution in [0, 0.1) is 3.57 Å². The van der Waals surface area contributed by atoms with Crippen molar-refractivity contribution in [2.45, 2.75) is 26.3 Å². The van der Waals surface area contributed by atoms with Gasteiger partial charge >= 0.3 is 6.09 Å². The Morgan fingerprint density at radius 2 is 2.13 bits per heavy atom. The highest BCUT2D eigenvalue weighted by Crippen LogP contribution is 2.29. The topological polar surface area (TPSA) is 88.7 Å².